The van der Waals surface area contributed by atoms with Crippen LogP contribution >= 0.6 is 0 Å². The van der Waals surface area contributed by atoms with Gasteiger partial charge in [-0.3, -0.25) is 0 Å². The van der Waals surface area contributed by atoms with Crippen LogP contribution < -0.4 is 5.73 Å². The van der Waals surface area contributed by atoms with Gasteiger partial charge in [0.25, 0.3) is 0 Å². The normalized spacial score (nSPS) is 17.4. The molecule has 0 aromatic heterocycles. The van der Waals surface area contributed by atoms with E-state index in [1.54, 1.807) is 24.3 Å². The van der Waals surface area contributed by atoms with E-state index in [1.165, 1.54) is 12.1 Å². The van der Waals surface area contributed by atoms with Crippen LogP contribution in [0.2, 0.25) is 0 Å². The van der Waals surface area contributed by atoms with Gasteiger partial charge in [0.05, 0.1) is 4.90 Å². The third kappa shape index (κ3) is 5.84. The lowest BCUT2D eigenvalue weighted by molar-refractivity contribution is 0.184. The summed E-state index contributed by atoms with van der Waals surface area (Å²) >= 11 is 0. The van der Waals surface area contributed by atoms with Crippen LogP contribution in [0.4, 0.5) is 8.78 Å². The number of benzene rings is 2. The molecule has 7 heteroatoms. The fourth-order valence-corrected chi connectivity index (χ4v) is 4.64. The molecule has 1 unspecified atom stereocenters. The summed E-state index contributed by atoms with van der Waals surface area (Å²) in [4.78, 5) is 2.59. The van der Waals surface area contributed by atoms with Gasteiger partial charge in [-0.1, -0.05) is 12.1 Å². The zero-order chi connectivity index (χ0) is 21.0. The van der Waals surface area contributed by atoms with E-state index in [4.69, 9.17) is 5.73 Å². The maximum Gasteiger partial charge on any atom is 0.175 e. The monoisotopic (exact) mass is 422 g/mol. The van der Waals surface area contributed by atoms with Crippen LogP contribution in [0.3, 0.4) is 0 Å². The van der Waals surface area contributed by atoms with Gasteiger partial charge in [0, 0.05) is 18.2 Å². The van der Waals surface area contributed by atoms with E-state index in [0.29, 0.717) is 24.4 Å². The molecule has 1 aliphatic heterocycles. The highest BCUT2D eigenvalue weighted by molar-refractivity contribution is 7.90. The summed E-state index contributed by atoms with van der Waals surface area (Å²) in [6.07, 6.45) is 3.98. The molecule has 0 radical (unpaired) electrons. The van der Waals surface area contributed by atoms with Crippen LogP contribution in [0.1, 0.15) is 36.3 Å². The fraction of sp³-hybridized carbons (Fsp3) is 0.455. The highest BCUT2D eigenvalue weighted by Crippen LogP contribution is 2.31. The summed E-state index contributed by atoms with van der Waals surface area (Å²) in [5, 5.41) is 0. The van der Waals surface area contributed by atoms with Crippen molar-refractivity contribution in [2.24, 2.45) is 11.7 Å². The van der Waals surface area contributed by atoms with Gasteiger partial charge in [-0.25, -0.2) is 17.2 Å². The second-order valence-electron chi connectivity index (χ2n) is 7.91. The summed E-state index contributed by atoms with van der Waals surface area (Å²) in [5.74, 6) is -0.869. The van der Waals surface area contributed by atoms with Gasteiger partial charge in [0.2, 0.25) is 0 Å². The fourth-order valence-electron chi connectivity index (χ4n) is 4.01. The molecule has 0 saturated carbocycles. The minimum Gasteiger partial charge on any atom is -0.330 e. The predicted octanol–water partition coefficient (Wildman–Crippen LogP) is 3.56. The molecular formula is C22H28F2N2O2S. The number of piperidine rings is 1. The largest absolute Gasteiger partial charge is 0.330 e. The Kier molecular flexibility index (Phi) is 7.03. The Hall–Kier alpha value is -1.83. The van der Waals surface area contributed by atoms with Crippen LogP contribution in [0.15, 0.2) is 47.4 Å². The Morgan fingerprint density at radius 3 is 2.14 bits per heavy atom. The van der Waals surface area contributed by atoms with Crippen LogP contribution in [0, 0.1) is 17.6 Å². The van der Waals surface area contributed by atoms with E-state index in [2.05, 4.69) is 4.90 Å². The smallest absolute Gasteiger partial charge is 0.175 e. The summed E-state index contributed by atoms with van der Waals surface area (Å²) < 4.78 is 51.2. The van der Waals surface area contributed by atoms with E-state index >= 15 is 0 Å². The molecule has 1 atom stereocenters. The lowest BCUT2D eigenvalue weighted by Crippen LogP contribution is -2.37. The van der Waals surface area contributed by atoms with Crippen molar-refractivity contribution in [2.45, 2.75) is 30.1 Å². The number of nitrogens with zero attached hydrogens (tertiary/aromatic N) is 1. The average molecular weight is 423 g/mol. The first-order chi connectivity index (χ1) is 13.8. The maximum absolute atomic E-state index is 13.9. The number of rotatable bonds is 7. The van der Waals surface area contributed by atoms with E-state index < -0.39 is 21.5 Å². The molecule has 1 aliphatic rings. The summed E-state index contributed by atoms with van der Waals surface area (Å²) in [6.45, 7) is 3.46. The van der Waals surface area contributed by atoms with Crippen LogP contribution in [0.25, 0.3) is 0 Å². The standard InChI is InChI=1S/C22H28F2N2O2S/c1-29(27,28)21-4-2-17(3-5-21)22(18-12-19(23)14-20(24)13-18)8-11-26-9-6-16(15-25)7-10-26/h2-5,12-14,16,22H,6-11,15,25H2,1H3. The number of hydrogen-bond acceptors (Lipinski definition) is 4. The van der Waals surface area contributed by atoms with Crippen molar-refractivity contribution in [3.8, 4) is 0 Å². The molecule has 158 valence electrons. The van der Waals surface area contributed by atoms with E-state index in [-0.39, 0.29) is 10.8 Å². The third-order valence-electron chi connectivity index (χ3n) is 5.77. The molecular weight excluding hydrogens is 394 g/mol. The van der Waals surface area contributed by atoms with Crippen LogP contribution in [-0.4, -0.2) is 45.8 Å². The Balaban J connectivity index is 1.82. The highest BCUT2D eigenvalue weighted by Gasteiger charge is 2.22. The van der Waals surface area contributed by atoms with Crippen molar-refractivity contribution in [1.82, 2.24) is 4.90 Å². The van der Waals surface area contributed by atoms with Gasteiger partial charge < -0.3 is 10.6 Å². The molecule has 0 bridgehead atoms. The number of sulfone groups is 1. The molecule has 3 rings (SSSR count). The number of likely N-dealkylation sites (tertiary alicyclic amines) is 1. The molecule has 2 N–H and O–H groups in total. The van der Waals surface area contributed by atoms with Gasteiger partial charge in [-0.05, 0) is 86.8 Å². The van der Waals surface area contributed by atoms with Gasteiger partial charge in [-0.2, -0.15) is 0 Å². The molecule has 0 spiro atoms. The maximum atomic E-state index is 13.9. The Morgan fingerprint density at radius 2 is 1.62 bits per heavy atom. The molecule has 1 fully saturated rings. The van der Waals surface area contributed by atoms with Crippen molar-refractivity contribution < 1.29 is 17.2 Å². The van der Waals surface area contributed by atoms with Gasteiger partial charge in [0.1, 0.15) is 11.6 Å². The van der Waals surface area contributed by atoms with Gasteiger partial charge >= 0.3 is 0 Å². The van der Waals surface area contributed by atoms with Crippen molar-refractivity contribution >= 4 is 9.84 Å². The van der Waals surface area contributed by atoms with Crippen LogP contribution in [0.5, 0.6) is 0 Å². The molecule has 29 heavy (non-hydrogen) atoms. The lowest BCUT2D eigenvalue weighted by Gasteiger charge is -2.32. The second kappa shape index (κ2) is 9.32. The van der Waals surface area contributed by atoms with Crippen molar-refractivity contribution in [1.29, 1.82) is 0 Å². The van der Waals surface area contributed by atoms with Gasteiger partial charge in [-0.15, -0.1) is 0 Å². The minimum absolute atomic E-state index is 0.221. The summed E-state index contributed by atoms with van der Waals surface area (Å²) in [6, 6.07) is 10.2. The SMILES string of the molecule is CS(=O)(=O)c1ccc(C(CCN2CCC(CN)CC2)c2cc(F)cc(F)c2)cc1. The number of nitrogens with two attached hydrogens (primary N) is 1. The third-order valence-corrected chi connectivity index (χ3v) is 6.90. The summed E-state index contributed by atoms with van der Waals surface area (Å²) in [5.41, 5.74) is 7.17. The van der Waals surface area contributed by atoms with E-state index in [9.17, 15) is 17.2 Å². The molecule has 2 aromatic rings. The second-order valence-corrected chi connectivity index (χ2v) is 9.92. The average Bonchev–Trinajstić information content (AvgIpc) is 2.67. The van der Waals surface area contributed by atoms with E-state index in [1.807, 2.05) is 0 Å². The topological polar surface area (TPSA) is 63.4 Å². The Labute approximate surface area is 171 Å². The number of hydrogen-bond donors (Lipinski definition) is 1. The predicted molar refractivity (Wildman–Crippen MR) is 111 cm³/mol. The molecule has 2 aromatic carbocycles. The first-order valence-corrected chi connectivity index (χ1v) is 11.8. The molecule has 1 heterocycles. The minimum atomic E-state index is -3.30. The van der Waals surface area contributed by atoms with Crippen molar-refractivity contribution in [3.63, 3.8) is 0 Å². The molecule has 0 aliphatic carbocycles. The quantitative estimate of drug-likeness (QED) is 0.741. The molecule has 0 amide bonds. The van der Waals surface area contributed by atoms with Crippen molar-refractivity contribution in [3.05, 3.63) is 65.2 Å². The number of halogens is 2. The summed E-state index contributed by atoms with van der Waals surface area (Å²) in [7, 11) is -3.30. The van der Waals surface area contributed by atoms with E-state index in [0.717, 1.165) is 50.4 Å². The Morgan fingerprint density at radius 1 is 1.03 bits per heavy atom. The first kappa shape index (κ1) is 21.9. The van der Waals surface area contributed by atoms with Crippen molar-refractivity contribution in [2.75, 3.05) is 32.4 Å². The highest BCUT2D eigenvalue weighted by atomic mass is 32.2. The molecule has 1 saturated heterocycles. The zero-order valence-electron chi connectivity index (χ0n) is 16.7. The Bertz CT molecular complexity index is 904. The molecule has 4 nitrogen and oxygen atoms in total. The van der Waals surface area contributed by atoms with Crippen LogP contribution in [-0.2, 0) is 9.84 Å². The zero-order valence-corrected chi connectivity index (χ0v) is 17.5. The van der Waals surface area contributed by atoms with Gasteiger partial charge in [0.15, 0.2) is 9.84 Å². The first-order valence-electron chi connectivity index (χ1n) is 9.94. The lowest BCUT2D eigenvalue weighted by atomic mass is 9.87.